The van der Waals surface area contributed by atoms with Gasteiger partial charge in [-0.2, -0.15) is 0 Å². The Bertz CT molecular complexity index is 4670. The first-order chi connectivity index (χ1) is 56.2. The normalized spacial score (nSPS) is 10.4. The van der Waals surface area contributed by atoms with Gasteiger partial charge in [0.05, 0.1) is 58.5 Å². The Morgan fingerprint density at radius 2 is 0.541 bits per heavy atom. The SMILES string of the molecule is CC(C)NC(=O)c1cc(Cl)c(O)c(O)c1Cl.CC(C)NC(=O)c1cc(F)c(O)c(O)c1F.CC(C)NC(=O)c1cc(O)c(O)c(Cl)c1.CC(C)NC(=O)c1cc(O)c(O)c(F)c1.CC(C)NC(=O)c1cc(O)c(O)cc1Cl.CC(C)NC(=O)c1cc(O)c(O)cc1F.CC(C)NC(=O)c1ccc(O)c(O)c1Cl.CC(C)NC(=O)c1ccc(O)c(O)c1F. The molecule has 0 spiro atoms. The summed E-state index contributed by atoms with van der Waals surface area (Å²) < 4.78 is 65.7. The maximum atomic E-state index is 13.3. The second kappa shape index (κ2) is 49.2. The molecule has 0 fully saturated rings. The van der Waals surface area contributed by atoms with E-state index in [1.807, 2.05) is 41.5 Å². The highest BCUT2D eigenvalue weighted by Crippen LogP contribution is 2.42. The number of aromatic hydroxyl groups is 16. The van der Waals surface area contributed by atoms with E-state index in [1.165, 1.54) is 30.3 Å². The van der Waals surface area contributed by atoms with E-state index < -0.39 is 139 Å². The lowest BCUT2D eigenvalue weighted by Crippen LogP contribution is -2.30. The lowest BCUT2D eigenvalue weighted by Gasteiger charge is -2.11. The van der Waals surface area contributed by atoms with Crippen LogP contribution in [0.1, 0.15) is 194 Å². The lowest BCUT2D eigenvalue weighted by atomic mass is 10.1. The summed E-state index contributed by atoms with van der Waals surface area (Å²) in [6.45, 7) is 28.2. The molecule has 8 aromatic rings. The molecule has 42 heteroatoms. The van der Waals surface area contributed by atoms with E-state index >= 15 is 0 Å². The maximum Gasteiger partial charge on any atom is 0.254 e. The molecule has 8 amide bonds. The number of carbonyl (C=O) groups excluding carboxylic acids is 8. The Morgan fingerprint density at radius 3 is 0.967 bits per heavy atom. The van der Waals surface area contributed by atoms with Crippen molar-refractivity contribution in [2.45, 2.75) is 159 Å². The van der Waals surface area contributed by atoms with Gasteiger partial charge in [-0.15, -0.1) is 0 Å². The van der Waals surface area contributed by atoms with Gasteiger partial charge < -0.3 is 124 Å². The van der Waals surface area contributed by atoms with E-state index in [4.69, 9.17) is 109 Å². The van der Waals surface area contributed by atoms with Crippen LogP contribution in [0.25, 0.3) is 0 Å². The minimum atomic E-state index is -1.35. The Morgan fingerprint density at radius 1 is 0.230 bits per heavy atom. The van der Waals surface area contributed by atoms with Gasteiger partial charge in [-0.05, 0) is 184 Å². The van der Waals surface area contributed by atoms with Crippen molar-refractivity contribution in [3.05, 3.63) is 184 Å². The van der Waals surface area contributed by atoms with Crippen LogP contribution in [0, 0.1) is 29.1 Å². The van der Waals surface area contributed by atoms with Gasteiger partial charge in [0.15, 0.2) is 115 Å². The highest BCUT2D eigenvalue weighted by molar-refractivity contribution is 6.38. The average molecular weight is 1820 g/mol. The molecule has 668 valence electrons. The number of carbonyl (C=O) groups is 8. The summed E-state index contributed by atoms with van der Waals surface area (Å²) in [4.78, 5) is 91.8. The zero-order valence-electron chi connectivity index (χ0n) is 67.9. The van der Waals surface area contributed by atoms with Crippen LogP contribution in [0.5, 0.6) is 92.0 Å². The zero-order chi connectivity index (χ0) is 94.4. The standard InChI is InChI=1S/C10H11Cl2NO3.3C10H12ClNO3.C10H11F2NO3.3C10H12FNO3/c1-4(2)13-10(16)5-3-6(11)8(14)9(15)7(5)12;1-5(2)12-10(15)6-3-8(13)9(14)4-7(6)11;1-5(2)12-10(15)6-3-7(11)9(14)8(13)4-6;1-5(2)12-10(15)6-3-4-7(13)9(14)8(6)11;1-4(2)13-10(16)5-3-6(11)8(14)9(15)7(5)12;1-5(2)12-10(15)6-3-8(13)9(14)4-7(6)11;1-5(2)12-10(15)6-3-7(11)9(14)8(13)4-6;1-5(2)12-10(15)6-3-4-7(13)9(14)8(6)11/h3-4,14-15H,1-2H3,(H,13,16);3*3-5,13-14H,1-2H3,(H,12,15);3-4,14-15H,1-2H3,(H,13,16);3*3-5,13-14H,1-2H3,(H,12,15). The van der Waals surface area contributed by atoms with Crippen molar-refractivity contribution < 1.29 is 142 Å². The molecule has 0 aliphatic rings. The second-order valence-corrected chi connectivity index (χ2v) is 29.7. The van der Waals surface area contributed by atoms with Gasteiger partial charge in [0.2, 0.25) is 0 Å². The number of amides is 8. The first kappa shape index (κ1) is 107. The summed E-state index contributed by atoms with van der Waals surface area (Å²) in [5, 5.41) is 166. The fourth-order valence-corrected chi connectivity index (χ4v) is 9.74. The molecule has 0 saturated heterocycles. The van der Waals surface area contributed by atoms with Crippen LogP contribution >= 0.6 is 58.0 Å². The van der Waals surface area contributed by atoms with Crippen molar-refractivity contribution >= 4 is 105 Å². The molecule has 24 N–H and O–H groups in total. The molecular weight excluding hydrogens is 1730 g/mol. The fourth-order valence-electron chi connectivity index (χ4n) is 8.61. The molecule has 0 bridgehead atoms. The van der Waals surface area contributed by atoms with Gasteiger partial charge in [-0.3, -0.25) is 38.4 Å². The molecule has 0 aliphatic heterocycles. The van der Waals surface area contributed by atoms with Crippen LogP contribution in [0.3, 0.4) is 0 Å². The van der Waals surface area contributed by atoms with Crippen molar-refractivity contribution in [2.75, 3.05) is 0 Å². The van der Waals surface area contributed by atoms with Crippen LogP contribution in [0.2, 0.25) is 25.1 Å². The molecule has 8 aromatic carbocycles. The van der Waals surface area contributed by atoms with E-state index in [9.17, 15) is 90.9 Å². The number of nitrogens with one attached hydrogen (secondary N) is 8. The highest BCUT2D eigenvalue weighted by Gasteiger charge is 2.26. The van der Waals surface area contributed by atoms with Gasteiger partial charge in [-0.1, -0.05) is 58.0 Å². The predicted molar refractivity (Wildman–Crippen MR) is 444 cm³/mol. The lowest BCUT2D eigenvalue weighted by molar-refractivity contribution is 0.0929. The molecular formula is C80H94Cl5F5N8O24. The molecule has 8 rings (SSSR count). The number of phenols is 16. The maximum absolute atomic E-state index is 13.3. The molecule has 32 nitrogen and oxygen atoms in total. The van der Waals surface area contributed by atoms with E-state index in [0.717, 1.165) is 42.5 Å². The second-order valence-electron chi connectivity index (χ2n) is 27.7. The van der Waals surface area contributed by atoms with Crippen LogP contribution in [0.15, 0.2) is 84.9 Å². The summed E-state index contributed by atoms with van der Waals surface area (Å²) in [6.07, 6.45) is 0. The Hall–Kier alpha value is -12.6. The number of phenolic OH excluding ortho intramolecular Hbond substituents is 16. The van der Waals surface area contributed by atoms with Gasteiger partial charge in [0.1, 0.15) is 5.82 Å². The van der Waals surface area contributed by atoms with Gasteiger partial charge in [-0.25, -0.2) is 22.0 Å². The molecule has 0 unspecified atom stereocenters. The monoisotopic (exact) mass is 1820 g/mol. The Kier molecular flexibility index (Phi) is 43.3. The summed E-state index contributed by atoms with van der Waals surface area (Å²) in [6, 6.07) is 14.0. The van der Waals surface area contributed by atoms with Crippen molar-refractivity contribution in [1.29, 1.82) is 0 Å². The largest absolute Gasteiger partial charge is 0.504 e. The minimum absolute atomic E-state index is 0.00720. The van der Waals surface area contributed by atoms with Crippen molar-refractivity contribution in [3.63, 3.8) is 0 Å². The first-order valence-corrected chi connectivity index (χ1v) is 37.6. The summed E-state index contributed by atoms with van der Waals surface area (Å²) in [7, 11) is 0. The van der Waals surface area contributed by atoms with Gasteiger partial charge in [0, 0.05) is 71.6 Å². The van der Waals surface area contributed by atoms with Crippen molar-refractivity contribution in [2.24, 2.45) is 0 Å². The predicted octanol–water partition coefficient (Wildman–Crippen LogP) is 13.9. The third kappa shape index (κ3) is 33.9. The van der Waals surface area contributed by atoms with Gasteiger partial charge in [0.25, 0.3) is 47.3 Å². The zero-order valence-corrected chi connectivity index (χ0v) is 71.7. The molecule has 0 atom stereocenters. The summed E-state index contributed by atoms with van der Waals surface area (Å²) in [5.41, 5.74) is -0.753. The number of hydrogen-bond acceptors (Lipinski definition) is 24. The minimum Gasteiger partial charge on any atom is -0.504 e. The first-order valence-electron chi connectivity index (χ1n) is 35.7. The summed E-state index contributed by atoms with van der Waals surface area (Å²) in [5.74, 6) is -19.9. The molecule has 0 radical (unpaired) electrons. The van der Waals surface area contributed by atoms with E-state index in [-0.39, 0.29) is 147 Å². The van der Waals surface area contributed by atoms with Gasteiger partial charge >= 0.3 is 0 Å². The average Bonchev–Trinajstić information content (AvgIpc) is 0.803. The van der Waals surface area contributed by atoms with Crippen molar-refractivity contribution in [3.8, 4) is 92.0 Å². The van der Waals surface area contributed by atoms with Crippen LogP contribution < -0.4 is 42.5 Å². The van der Waals surface area contributed by atoms with E-state index in [2.05, 4.69) is 42.5 Å². The number of halogens is 10. The molecule has 0 saturated carbocycles. The Balaban J connectivity index is 0.000000697. The van der Waals surface area contributed by atoms with Crippen LogP contribution in [-0.4, -0.2) is 177 Å². The molecule has 0 aromatic heterocycles. The summed E-state index contributed by atoms with van der Waals surface area (Å²) >= 11 is 28.4. The van der Waals surface area contributed by atoms with Crippen molar-refractivity contribution in [1.82, 2.24) is 42.5 Å². The number of hydrogen-bond donors (Lipinski definition) is 24. The number of benzene rings is 8. The number of rotatable bonds is 16. The van der Waals surface area contributed by atoms with E-state index in [1.54, 1.807) is 69.2 Å². The highest BCUT2D eigenvalue weighted by atomic mass is 35.5. The molecule has 0 heterocycles. The third-order valence-corrected chi connectivity index (χ3v) is 15.7. The third-order valence-electron chi connectivity index (χ3n) is 14.1. The van der Waals surface area contributed by atoms with Crippen LogP contribution in [-0.2, 0) is 0 Å². The van der Waals surface area contributed by atoms with Crippen LogP contribution in [0.4, 0.5) is 22.0 Å². The quantitative estimate of drug-likeness (QED) is 0.0315. The Labute approximate surface area is 720 Å². The molecule has 0 aliphatic carbocycles. The topological polar surface area (TPSA) is 556 Å². The van der Waals surface area contributed by atoms with E-state index in [0.29, 0.717) is 12.1 Å². The fraction of sp³-hybridized carbons (Fsp3) is 0.300. The molecule has 122 heavy (non-hydrogen) atoms. The smallest absolute Gasteiger partial charge is 0.254 e.